The maximum Gasteiger partial charge on any atom is 0.273 e. The van der Waals surface area contributed by atoms with Crippen LogP contribution in [0.1, 0.15) is 27.6 Å². The second kappa shape index (κ2) is 9.03. The van der Waals surface area contributed by atoms with E-state index in [-0.39, 0.29) is 5.91 Å². The zero-order valence-electron chi connectivity index (χ0n) is 18.7. The number of hydrogen-bond donors (Lipinski definition) is 2. The van der Waals surface area contributed by atoms with E-state index in [4.69, 9.17) is 4.74 Å². The van der Waals surface area contributed by atoms with E-state index in [9.17, 15) is 4.79 Å². The number of rotatable bonds is 6. The lowest BCUT2D eigenvalue weighted by molar-refractivity contribution is 0.101. The molecule has 1 amide bonds. The van der Waals surface area contributed by atoms with Gasteiger partial charge >= 0.3 is 0 Å². The van der Waals surface area contributed by atoms with E-state index in [1.807, 2.05) is 73.7 Å². The van der Waals surface area contributed by atoms with Gasteiger partial charge in [0.1, 0.15) is 17.2 Å². The fraction of sp³-hybridized carbons (Fsp3) is 0.0769. The Hall–Kier alpha value is -4.72. The van der Waals surface area contributed by atoms with Crippen LogP contribution in [0.3, 0.4) is 0 Å². The number of benzene rings is 2. The van der Waals surface area contributed by atoms with Crippen molar-refractivity contribution >= 4 is 34.6 Å². The predicted molar refractivity (Wildman–Crippen MR) is 132 cm³/mol. The average Bonchev–Trinajstić information content (AvgIpc) is 3.40. The van der Waals surface area contributed by atoms with Gasteiger partial charge in [-0.1, -0.05) is 12.1 Å². The number of amides is 1. The number of anilines is 1. The molecule has 8 nitrogen and oxygen atoms in total. The number of nitrogens with one attached hydrogen (secondary N) is 2. The number of pyridine rings is 1. The van der Waals surface area contributed by atoms with Gasteiger partial charge in [0.15, 0.2) is 0 Å². The summed E-state index contributed by atoms with van der Waals surface area (Å²) in [5.74, 6) is 1.03. The van der Waals surface area contributed by atoms with Crippen LogP contribution >= 0.6 is 0 Å². The summed E-state index contributed by atoms with van der Waals surface area (Å²) in [5.41, 5.74) is 4.45. The number of fused-ring (bicyclic) bond motifs is 1. The molecule has 5 rings (SSSR count). The quantitative estimate of drug-likeness (QED) is 0.370. The number of aromatic amines is 1. The standard InChI is InChI=1S/C26H22N6O2/c1-17-14-25(32(2)31-17)26(33)28-19-7-5-8-20(15-19)34-21-10-11-22-23(29-30-24(22)16-21)12-9-18-6-3-4-13-27-18/h3-16H,1-2H3,(H,28,33)(H,29,30)/b12-9+. The van der Waals surface area contributed by atoms with E-state index in [0.29, 0.717) is 22.9 Å². The van der Waals surface area contributed by atoms with Crippen LogP contribution in [0.2, 0.25) is 0 Å². The molecule has 0 atom stereocenters. The van der Waals surface area contributed by atoms with E-state index < -0.39 is 0 Å². The highest BCUT2D eigenvalue weighted by atomic mass is 16.5. The largest absolute Gasteiger partial charge is 0.457 e. The molecule has 0 aliphatic heterocycles. The van der Waals surface area contributed by atoms with Gasteiger partial charge in [-0.3, -0.25) is 19.6 Å². The summed E-state index contributed by atoms with van der Waals surface area (Å²) in [7, 11) is 1.74. The molecule has 0 unspecified atom stereocenters. The van der Waals surface area contributed by atoms with Crippen LogP contribution in [0.25, 0.3) is 23.1 Å². The molecule has 3 aromatic heterocycles. The lowest BCUT2D eigenvalue weighted by Crippen LogP contribution is -2.16. The molecule has 168 valence electrons. The molecule has 34 heavy (non-hydrogen) atoms. The fourth-order valence-electron chi connectivity index (χ4n) is 3.64. The highest BCUT2D eigenvalue weighted by molar-refractivity contribution is 6.03. The van der Waals surface area contributed by atoms with Crippen LogP contribution in [-0.2, 0) is 7.05 Å². The van der Waals surface area contributed by atoms with Crippen molar-refractivity contribution in [2.24, 2.45) is 7.05 Å². The minimum atomic E-state index is -0.231. The van der Waals surface area contributed by atoms with Gasteiger partial charge in [-0.05, 0) is 61.5 Å². The Kier molecular flexibility index (Phi) is 5.61. The molecule has 0 radical (unpaired) electrons. The lowest BCUT2D eigenvalue weighted by atomic mass is 10.2. The number of carbonyl (C=O) groups is 1. The first-order valence-electron chi connectivity index (χ1n) is 10.7. The van der Waals surface area contributed by atoms with Crippen LogP contribution in [-0.4, -0.2) is 30.9 Å². The van der Waals surface area contributed by atoms with Gasteiger partial charge in [-0.25, -0.2) is 0 Å². The molecule has 0 fully saturated rings. The summed E-state index contributed by atoms with van der Waals surface area (Å²) >= 11 is 0. The Morgan fingerprint density at radius 2 is 1.91 bits per heavy atom. The summed E-state index contributed by atoms with van der Waals surface area (Å²) < 4.78 is 7.60. The van der Waals surface area contributed by atoms with Crippen molar-refractivity contribution in [3.05, 3.63) is 95.7 Å². The number of hydrogen-bond acceptors (Lipinski definition) is 5. The Morgan fingerprint density at radius 3 is 2.71 bits per heavy atom. The molecule has 0 aliphatic carbocycles. The Morgan fingerprint density at radius 1 is 1.03 bits per heavy atom. The minimum Gasteiger partial charge on any atom is -0.457 e. The zero-order valence-corrected chi connectivity index (χ0v) is 18.7. The second-order valence-corrected chi connectivity index (χ2v) is 7.78. The van der Waals surface area contributed by atoms with Gasteiger partial charge in [0.2, 0.25) is 0 Å². The topological polar surface area (TPSA) is 97.7 Å². The normalized spacial score (nSPS) is 11.2. The van der Waals surface area contributed by atoms with Crippen molar-refractivity contribution < 1.29 is 9.53 Å². The maximum absolute atomic E-state index is 12.6. The maximum atomic E-state index is 12.6. The number of H-pyrrole nitrogens is 1. The van der Waals surface area contributed by atoms with Crippen LogP contribution < -0.4 is 10.1 Å². The number of aromatic nitrogens is 5. The number of nitrogens with zero attached hydrogens (tertiary/aromatic N) is 4. The molecule has 2 aromatic carbocycles. The molecule has 0 bridgehead atoms. The highest BCUT2D eigenvalue weighted by Gasteiger charge is 2.12. The van der Waals surface area contributed by atoms with Crippen LogP contribution in [0.5, 0.6) is 11.5 Å². The highest BCUT2D eigenvalue weighted by Crippen LogP contribution is 2.28. The molecular formula is C26H22N6O2. The van der Waals surface area contributed by atoms with E-state index in [1.54, 1.807) is 30.1 Å². The smallest absolute Gasteiger partial charge is 0.273 e. The van der Waals surface area contributed by atoms with Crippen molar-refractivity contribution in [2.75, 3.05) is 5.32 Å². The van der Waals surface area contributed by atoms with E-state index >= 15 is 0 Å². The van der Waals surface area contributed by atoms with E-state index in [2.05, 4.69) is 25.6 Å². The first-order chi connectivity index (χ1) is 16.5. The molecule has 0 aliphatic rings. The molecule has 3 heterocycles. The van der Waals surface area contributed by atoms with Crippen molar-refractivity contribution in [1.82, 2.24) is 25.0 Å². The number of aryl methyl sites for hydroxylation is 2. The summed E-state index contributed by atoms with van der Waals surface area (Å²) in [5, 5.41) is 15.5. The van der Waals surface area contributed by atoms with Crippen LogP contribution in [0, 0.1) is 6.92 Å². The summed E-state index contributed by atoms with van der Waals surface area (Å²) in [4.78, 5) is 16.9. The molecular weight excluding hydrogens is 428 g/mol. The van der Waals surface area contributed by atoms with Gasteiger partial charge in [0.05, 0.1) is 22.6 Å². The van der Waals surface area contributed by atoms with Gasteiger partial charge in [0, 0.05) is 36.5 Å². The summed E-state index contributed by atoms with van der Waals surface area (Å²) in [6.45, 7) is 1.85. The van der Waals surface area contributed by atoms with Crippen molar-refractivity contribution in [3.63, 3.8) is 0 Å². The van der Waals surface area contributed by atoms with Gasteiger partial charge in [0.25, 0.3) is 5.91 Å². The monoisotopic (exact) mass is 450 g/mol. The first kappa shape index (κ1) is 21.1. The van der Waals surface area contributed by atoms with Crippen molar-refractivity contribution in [1.29, 1.82) is 0 Å². The molecule has 0 spiro atoms. The number of ether oxygens (including phenoxy) is 1. The van der Waals surface area contributed by atoms with Crippen molar-refractivity contribution in [2.45, 2.75) is 6.92 Å². The summed E-state index contributed by atoms with van der Waals surface area (Å²) in [6, 6.07) is 20.5. The molecule has 0 saturated heterocycles. The third-order valence-electron chi connectivity index (χ3n) is 5.23. The Balaban J connectivity index is 1.31. The molecule has 5 aromatic rings. The van der Waals surface area contributed by atoms with Gasteiger partial charge in [-0.15, -0.1) is 0 Å². The first-order valence-corrected chi connectivity index (χ1v) is 10.7. The molecule has 8 heteroatoms. The third-order valence-corrected chi connectivity index (χ3v) is 5.23. The zero-order chi connectivity index (χ0) is 23.5. The number of carbonyl (C=O) groups excluding carboxylic acids is 1. The lowest BCUT2D eigenvalue weighted by Gasteiger charge is -2.09. The average molecular weight is 451 g/mol. The van der Waals surface area contributed by atoms with E-state index in [0.717, 1.165) is 28.0 Å². The second-order valence-electron chi connectivity index (χ2n) is 7.78. The fourth-order valence-corrected chi connectivity index (χ4v) is 3.64. The van der Waals surface area contributed by atoms with Gasteiger partial charge in [-0.2, -0.15) is 10.2 Å². The summed E-state index contributed by atoms with van der Waals surface area (Å²) in [6.07, 6.45) is 5.61. The Labute approximate surface area is 195 Å². The minimum absolute atomic E-state index is 0.231. The van der Waals surface area contributed by atoms with Gasteiger partial charge < -0.3 is 10.1 Å². The molecule has 2 N–H and O–H groups in total. The van der Waals surface area contributed by atoms with E-state index in [1.165, 1.54) is 0 Å². The van der Waals surface area contributed by atoms with Crippen molar-refractivity contribution in [3.8, 4) is 11.5 Å². The van der Waals surface area contributed by atoms with Crippen LogP contribution in [0.15, 0.2) is 72.9 Å². The third kappa shape index (κ3) is 4.56. The predicted octanol–water partition coefficient (Wildman–Crippen LogP) is 5.21. The SMILES string of the molecule is Cc1cc(C(=O)Nc2cccc(Oc3ccc4c(/C=C/c5ccccn5)n[nH]c4c3)c2)n(C)n1. The molecule has 0 saturated carbocycles. The Bertz CT molecular complexity index is 1500. The van der Waals surface area contributed by atoms with Crippen LogP contribution in [0.4, 0.5) is 5.69 Å².